The maximum absolute atomic E-state index is 10.1. The van der Waals surface area contributed by atoms with Crippen LogP contribution in [0.3, 0.4) is 0 Å². The Hall–Kier alpha value is -1.44. The Labute approximate surface area is 114 Å². The van der Waals surface area contributed by atoms with Gasteiger partial charge in [-0.3, -0.25) is 0 Å². The molecule has 1 aliphatic carbocycles. The molecule has 7 nitrogen and oxygen atoms in total. The molecule has 0 radical (unpaired) electrons. The topological polar surface area (TPSA) is 110 Å². The van der Waals surface area contributed by atoms with Gasteiger partial charge in [0, 0.05) is 11.8 Å². The number of imidazole rings is 1. The van der Waals surface area contributed by atoms with E-state index in [0.29, 0.717) is 29.3 Å². The summed E-state index contributed by atoms with van der Waals surface area (Å²) in [6.45, 7) is 0. The minimum atomic E-state index is -0.891. The summed E-state index contributed by atoms with van der Waals surface area (Å²) >= 11 is 5.80. The molecule has 1 saturated carbocycles. The smallest absolute Gasteiger partial charge is 0.165 e. The predicted molar refractivity (Wildman–Crippen MR) is 69.6 cm³/mol. The number of hydrogen-bond acceptors (Lipinski definition) is 6. The third-order valence-electron chi connectivity index (χ3n) is 3.71. The van der Waals surface area contributed by atoms with E-state index in [2.05, 4.69) is 15.0 Å². The Balaban J connectivity index is 2.04. The van der Waals surface area contributed by atoms with Crippen molar-refractivity contribution in [3.05, 3.63) is 12.7 Å². The summed E-state index contributed by atoms with van der Waals surface area (Å²) in [6.07, 6.45) is 1.76. The van der Waals surface area contributed by atoms with Crippen molar-refractivity contribution in [2.24, 2.45) is 5.92 Å². The molecular weight excluding hydrogens is 271 g/mol. The van der Waals surface area contributed by atoms with E-state index >= 15 is 0 Å². The molecule has 0 aromatic carbocycles. The van der Waals surface area contributed by atoms with Crippen LogP contribution in [0.1, 0.15) is 12.5 Å². The second kappa shape index (κ2) is 4.59. The first-order valence-corrected chi connectivity index (χ1v) is 6.52. The average molecular weight is 285 g/mol. The number of nitrogens with two attached hydrogens (primary N) is 1. The number of anilines is 1. The van der Waals surface area contributed by atoms with Gasteiger partial charge in [0.15, 0.2) is 11.5 Å². The van der Waals surface area contributed by atoms with Gasteiger partial charge < -0.3 is 20.5 Å². The molecule has 1 fully saturated rings. The summed E-state index contributed by atoms with van der Waals surface area (Å²) in [4.78, 5) is 12.2. The van der Waals surface area contributed by atoms with Crippen LogP contribution in [-0.2, 0) is 0 Å². The lowest BCUT2D eigenvalue weighted by atomic mass is 10.2. The molecular formula is C11H14ClN5O2. The van der Waals surface area contributed by atoms with Crippen molar-refractivity contribution >= 4 is 28.6 Å². The van der Waals surface area contributed by atoms with Gasteiger partial charge in [-0.2, -0.15) is 0 Å². The summed E-state index contributed by atoms with van der Waals surface area (Å²) in [6, 6.07) is -0.307. The van der Waals surface area contributed by atoms with Crippen LogP contribution in [0.25, 0.3) is 11.2 Å². The standard InChI is InChI=1S/C11H14ClN5O2/c12-2-5-1-6(9(19)8(5)18)17-4-16-7-10(13)14-3-15-11(7)17/h3-6,8-9,18-19H,1-2H2,(H2,13,14,15)/t5-,6-,8-,9+/m1/s1/i2+1. The van der Waals surface area contributed by atoms with Gasteiger partial charge in [0.1, 0.15) is 17.9 Å². The molecule has 3 rings (SSSR count). The number of halogens is 1. The Kier molecular flexibility index (Phi) is 3.04. The summed E-state index contributed by atoms with van der Waals surface area (Å²) in [5.74, 6) is 0.461. The number of nitrogen functional groups attached to an aromatic ring is 1. The van der Waals surface area contributed by atoms with E-state index in [0.717, 1.165) is 0 Å². The van der Waals surface area contributed by atoms with E-state index in [1.165, 1.54) is 6.33 Å². The van der Waals surface area contributed by atoms with E-state index < -0.39 is 12.2 Å². The van der Waals surface area contributed by atoms with Crippen LogP contribution < -0.4 is 5.73 Å². The number of fused-ring (bicyclic) bond motifs is 1. The molecule has 2 aromatic rings. The Bertz CT molecular complexity index is 604. The average Bonchev–Trinajstić information content (AvgIpc) is 2.94. The molecule has 2 heterocycles. The van der Waals surface area contributed by atoms with Crippen molar-refractivity contribution in [1.82, 2.24) is 19.5 Å². The van der Waals surface area contributed by atoms with Crippen molar-refractivity contribution in [1.29, 1.82) is 0 Å². The molecule has 4 atom stereocenters. The van der Waals surface area contributed by atoms with Crippen LogP contribution in [0.2, 0.25) is 0 Å². The number of nitrogens with zero attached hydrogens (tertiary/aromatic N) is 4. The Morgan fingerprint density at radius 3 is 2.79 bits per heavy atom. The monoisotopic (exact) mass is 284 g/mol. The SMILES string of the molecule is Nc1ncnc2c1ncn2[C@@H]1C[C@H]([13CH2]Cl)[C@@H](O)[C@H]1O. The fourth-order valence-electron chi connectivity index (χ4n) is 2.64. The van der Waals surface area contributed by atoms with E-state index in [9.17, 15) is 10.2 Å². The highest BCUT2D eigenvalue weighted by Gasteiger charge is 2.42. The highest BCUT2D eigenvalue weighted by molar-refractivity contribution is 6.18. The number of aromatic nitrogens is 4. The minimum absolute atomic E-state index is 0.140. The fourth-order valence-corrected chi connectivity index (χ4v) is 2.95. The van der Waals surface area contributed by atoms with Gasteiger partial charge in [-0.05, 0) is 6.42 Å². The number of rotatable bonds is 2. The largest absolute Gasteiger partial charge is 0.390 e. The molecule has 0 saturated heterocycles. The van der Waals surface area contributed by atoms with E-state index in [1.807, 2.05) is 0 Å². The Morgan fingerprint density at radius 1 is 1.32 bits per heavy atom. The highest BCUT2D eigenvalue weighted by Crippen LogP contribution is 2.37. The molecule has 0 bridgehead atoms. The zero-order valence-corrected chi connectivity index (χ0v) is 10.8. The zero-order chi connectivity index (χ0) is 13.6. The van der Waals surface area contributed by atoms with Gasteiger partial charge in [-0.15, -0.1) is 11.6 Å². The number of hydrogen-bond donors (Lipinski definition) is 3. The van der Waals surface area contributed by atoms with Crippen molar-refractivity contribution in [3.8, 4) is 0 Å². The minimum Gasteiger partial charge on any atom is -0.390 e. The van der Waals surface area contributed by atoms with Crippen molar-refractivity contribution < 1.29 is 10.2 Å². The molecule has 0 spiro atoms. The lowest BCUT2D eigenvalue weighted by molar-refractivity contribution is 0.0102. The molecule has 8 heteroatoms. The van der Waals surface area contributed by atoms with Crippen molar-refractivity contribution in [2.45, 2.75) is 24.7 Å². The first kappa shape index (κ1) is 12.6. The summed E-state index contributed by atoms with van der Waals surface area (Å²) < 4.78 is 1.73. The second-order valence-corrected chi connectivity index (χ2v) is 5.09. The van der Waals surface area contributed by atoms with Gasteiger partial charge in [0.2, 0.25) is 0 Å². The molecule has 19 heavy (non-hydrogen) atoms. The van der Waals surface area contributed by atoms with Crippen LogP contribution in [0, 0.1) is 5.92 Å². The van der Waals surface area contributed by atoms with Gasteiger partial charge in [-0.25, -0.2) is 15.0 Å². The van der Waals surface area contributed by atoms with Crippen molar-refractivity contribution in [2.75, 3.05) is 11.6 Å². The van der Waals surface area contributed by atoms with Crippen LogP contribution in [-0.4, -0.2) is 47.8 Å². The van der Waals surface area contributed by atoms with Crippen LogP contribution in [0.15, 0.2) is 12.7 Å². The first-order chi connectivity index (χ1) is 9.13. The molecule has 0 amide bonds. The summed E-state index contributed by atoms with van der Waals surface area (Å²) in [7, 11) is 0. The third-order valence-corrected chi connectivity index (χ3v) is 4.11. The van der Waals surface area contributed by atoms with Crippen LogP contribution >= 0.6 is 11.6 Å². The quantitative estimate of drug-likeness (QED) is 0.526. The van der Waals surface area contributed by atoms with E-state index in [-0.39, 0.29) is 12.0 Å². The van der Waals surface area contributed by atoms with Crippen LogP contribution in [0.4, 0.5) is 5.82 Å². The normalized spacial score (nSPS) is 31.1. The lowest BCUT2D eigenvalue weighted by Crippen LogP contribution is -2.29. The summed E-state index contributed by atoms with van der Waals surface area (Å²) in [5, 5.41) is 20.1. The third kappa shape index (κ3) is 1.85. The summed E-state index contributed by atoms with van der Waals surface area (Å²) in [5.41, 5.74) is 6.78. The fraction of sp³-hybridized carbons (Fsp3) is 0.545. The first-order valence-electron chi connectivity index (χ1n) is 5.98. The van der Waals surface area contributed by atoms with E-state index in [4.69, 9.17) is 17.3 Å². The van der Waals surface area contributed by atoms with Crippen molar-refractivity contribution in [3.63, 3.8) is 0 Å². The number of aliphatic hydroxyl groups is 2. The van der Waals surface area contributed by atoms with E-state index in [1.54, 1.807) is 10.9 Å². The lowest BCUT2D eigenvalue weighted by Gasteiger charge is -2.18. The molecule has 4 N–H and O–H groups in total. The molecule has 0 aliphatic heterocycles. The second-order valence-electron chi connectivity index (χ2n) is 4.78. The van der Waals surface area contributed by atoms with Crippen LogP contribution in [0.5, 0.6) is 0 Å². The maximum atomic E-state index is 10.1. The number of alkyl halides is 1. The number of aliphatic hydroxyl groups excluding tert-OH is 2. The maximum Gasteiger partial charge on any atom is 0.165 e. The van der Waals surface area contributed by atoms with Gasteiger partial charge in [0.05, 0.1) is 18.5 Å². The zero-order valence-electron chi connectivity index (χ0n) is 10.0. The molecule has 102 valence electrons. The molecule has 1 aliphatic rings. The highest BCUT2D eigenvalue weighted by atomic mass is 35.5. The van der Waals surface area contributed by atoms with Gasteiger partial charge in [0.25, 0.3) is 0 Å². The predicted octanol–water partition coefficient (Wildman–Crippen LogP) is -0.0699. The Morgan fingerprint density at radius 2 is 2.11 bits per heavy atom. The molecule has 0 unspecified atom stereocenters. The molecule has 2 aromatic heterocycles. The van der Waals surface area contributed by atoms with Gasteiger partial charge >= 0.3 is 0 Å². The van der Waals surface area contributed by atoms with Gasteiger partial charge in [-0.1, -0.05) is 0 Å².